The van der Waals surface area contributed by atoms with Crippen molar-refractivity contribution in [1.82, 2.24) is 0 Å². The van der Waals surface area contributed by atoms with Crippen LogP contribution in [0.2, 0.25) is 15.1 Å². The van der Waals surface area contributed by atoms with E-state index in [1.807, 2.05) is 24.3 Å². The number of methoxy groups -OCH3 is 2. The van der Waals surface area contributed by atoms with E-state index in [0.717, 1.165) is 65.2 Å². The van der Waals surface area contributed by atoms with Crippen LogP contribution < -0.4 is 19.8 Å². The Kier molecular flexibility index (Phi) is 28.0. The summed E-state index contributed by atoms with van der Waals surface area (Å²) in [6.45, 7) is 5.34. The lowest BCUT2D eigenvalue weighted by Gasteiger charge is -2.14. The molecule has 11 rings (SSSR count). The van der Waals surface area contributed by atoms with E-state index in [1.54, 1.807) is 30.3 Å². The number of carbonyl (C=O) groups is 4. The van der Waals surface area contributed by atoms with Crippen molar-refractivity contribution >= 4 is 182 Å². The number of aromatic carboxylic acids is 1. The summed E-state index contributed by atoms with van der Waals surface area (Å²) in [5, 5.41) is 71.5. The normalized spacial score (nSPS) is 13.6. The molecule has 0 radical (unpaired) electrons. The van der Waals surface area contributed by atoms with Crippen molar-refractivity contribution in [3.63, 3.8) is 0 Å². The molecule has 113 heavy (non-hydrogen) atoms. The number of aryl methyl sites for hydroxylation is 2. The Morgan fingerprint density at radius 2 is 1.03 bits per heavy atom. The zero-order valence-electron chi connectivity index (χ0n) is 58.9. The second-order valence-corrected chi connectivity index (χ2v) is 31.7. The Bertz CT molecular complexity index is 6200. The van der Waals surface area contributed by atoms with E-state index in [0.29, 0.717) is 55.5 Å². The number of nitrogens with zero attached hydrogens (tertiary/aromatic N) is 10. The Morgan fingerprint density at radius 1 is 0.531 bits per heavy atom. The van der Waals surface area contributed by atoms with Gasteiger partial charge in [0.1, 0.15) is 55.4 Å². The second-order valence-electron chi connectivity index (χ2n) is 23.4. The maximum absolute atomic E-state index is 12.8. The third kappa shape index (κ3) is 22.4. The number of phenols is 2. The number of hydrazone groups is 1. The molecule has 1 heterocycles. The molecule has 10 aromatic rings. The van der Waals surface area contributed by atoms with E-state index in [9.17, 15) is 90.2 Å². The number of hydrogen-bond donors (Lipinski definition) is 9. The number of nitrogens with one attached hydrogen (secondary N) is 1. The van der Waals surface area contributed by atoms with Crippen molar-refractivity contribution in [2.75, 3.05) is 31.1 Å². The van der Waals surface area contributed by atoms with Crippen molar-refractivity contribution in [3.8, 4) is 23.0 Å². The molecular weight excluding hydrogens is 1650 g/mol. The van der Waals surface area contributed by atoms with Crippen LogP contribution in [0.4, 0.5) is 45.5 Å². The number of amides is 1. The van der Waals surface area contributed by atoms with Crippen LogP contribution in [0.3, 0.4) is 0 Å². The number of azo groups is 4. The average Bonchev–Trinajstić information content (AvgIpc) is 1.52. The molecule has 9 N–H and O–H groups in total. The number of ether oxygens (including phenoxy) is 2. The molecule has 0 spiro atoms. The molecule has 2 unspecified atom stereocenters. The van der Waals surface area contributed by atoms with Crippen LogP contribution in [0.5, 0.6) is 23.0 Å². The largest absolute Gasteiger partial charge is 0.506 e. The number of aromatic hydroxyl groups is 2. The molecule has 35 nitrogen and oxygen atoms in total. The fraction of sp³-hybridized carbons (Fsp3) is 0.129. The minimum Gasteiger partial charge on any atom is -0.506 e. The first-order chi connectivity index (χ1) is 52.9. The van der Waals surface area contributed by atoms with Gasteiger partial charge in [0.15, 0.2) is 29.4 Å². The van der Waals surface area contributed by atoms with E-state index in [1.165, 1.54) is 114 Å². The molecule has 0 aromatic heterocycles. The lowest BCUT2D eigenvalue weighted by molar-refractivity contribution is -0.127. The molecule has 0 saturated heterocycles. The molecule has 10 aromatic carbocycles. The van der Waals surface area contributed by atoms with Crippen LogP contribution in [0.15, 0.2) is 246 Å². The summed E-state index contributed by atoms with van der Waals surface area (Å²) in [4.78, 5) is 46.7. The molecule has 590 valence electrons. The number of Topliss-reactive ketones (excluding diaryl/α,β-unsaturated/α-hetero) is 2. The zero-order chi connectivity index (χ0) is 83.4. The zero-order valence-corrected chi connectivity index (χ0v) is 65.2. The van der Waals surface area contributed by atoms with Gasteiger partial charge in [0.2, 0.25) is 0 Å². The van der Waals surface area contributed by atoms with E-state index >= 15 is 0 Å². The summed E-state index contributed by atoms with van der Waals surface area (Å²) in [5.74, 6) is -3.13. The molecule has 2 atom stereocenters. The number of halogens is 3. The van der Waals surface area contributed by atoms with Gasteiger partial charge in [-0.1, -0.05) is 95.5 Å². The van der Waals surface area contributed by atoms with Gasteiger partial charge in [0, 0.05) is 33.0 Å². The van der Waals surface area contributed by atoms with Gasteiger partial charge in [-0.25, -0.2) is 4.79 Å². The number of benzene rings is 10. The summed E-state index contributed by atoms with van der Waals surface area (Å²) in [5.41, 5.74) is 1.46. The predicted molar refractivity (Wildman–Crippen MR) is 413 cm³/mol. The van der Waals surface area contributed by atoms with Crippen molar-refractivity contribution in [2.45, 2.75) is 64.3 Å². The van der Waals surface area contributed by atoms with Gasteiger partial charge in [0.25, 0.3) is 56.5 Å². The number of carboxylic acid groups (broad SMARTS) is 1. The summed E-state index contributed by atoms with van der Waals surface area (Å²) >= 11 is 18.1. The van der Waals surface area contributed by atoms with Crippen LogP contribution in [-0.4, -0.2) is 142 Å². The monoisotopic (exact) mass is 1700 g/mol. The molecule has 0 bridgehead atoms. The number of fused-ring (bicyclic) bond motifs is 2. The number of rotatable bonds is 22. The molecule has 1 amide bonds. The molecule has 43 heteroatoms. The van der Waals surface area contributed by atoms with Gasteiger partial charge >= 0.3 is 5.97 Å². The summed E-state index contributed by atoms with van der Waals surface area (Å²) in [6, 6.07) is 38.8. The van der Waals surface area contributed by atoms with Crippen LogP contribution in [0, 0.1) is 13.8 Å². The summed E-state index contributed by atoms with van der Waals surface area (Å²) in [6.07, 6.45) is 0. The fourth-order valence-corrected chi connectivity index (χ4v) is 13.3. The number of carbonyl (C=O) groups excluding carboxylic acids is 3. The van der Waals surface area contributed by atoms with Gasteiger partial charge in [-0.2, -0.15) is 82.9 Å². The molecule has 1 aliphatic heterocycles. The van der Waals surface area contributed by atoms with Crippen molar-refractivity contribution in [1.29, 1.82) is 0 Å². The van der Waals surface area contributed by atoms with Crippen LogP contribution >= 0.6 is 34.8 Å². The minimum absolute atomic E-state index is 0.00186. The number of carboxylic acids is 1. The third-order valence-corrected chi connectivity index (χ3v) is 21.0. The lowest BCUT2D eigenvalue weighted by Crippen LogP contribution is -2.31. The topological polar surface area (TPSA) is 546 Å². The predicted octanol–water partition coefficient (Wildman–Crippen LogP) is 15.4. The van der Waals surface area contributed by atoms with E-state index in [2.05, 4.69) is 51.3 Å². The highest BCUT2D eigenvalue weighted by molar-refractivity contribution is 7.87. The van der Waals surface area contributed by atoms with Gasteiger partial charge in [-0.05, 0) is 153 Å². The number of phenolic OH excluding ortho intramolecular Hbond substituents is 1. The van der Waals surface area contributed by atoms with Crippen LogP contribution in [-0.2, 0) is 65.0 Å². The van der Waals surface area contributed by atoms with E-state index in [4.69, 9.17) is 53.4 Å². The first kappa shape index (κ1) is 87.1. The van der Waals surface area contributed by atoms with Crippen molar-refractivity contribution in [3.05, 3.63) is 208 Å². The van der Waals surface area contributed by atoms with Crippen LogP contribution in [0.1, 0.15) is 35.3 Å². The van der Waals surface area contributed by atoms with E-state index in [-0.39, 0.29) is 71.8 Å². The smallest absolute Gasteiger partial charge is 0.339 e. The quantitative estimate of drug-likeness (QED) is 0.0173. The number of anilines is 2. The van der Waals surface area contributed by atoms with Crippen molar-refractivity contribution in [2.24, 2.45) is 46.0 Å². The molecule has 0 saturated carbocycles. The minimum atomic E-state index is -4.66. The molecule has 1 aliphatic rings. The Balaban J connectivity index is 0.000000190. The molecule has 0 aliphatic carbocycles. The van der Waals surface area contributed by atoms with Gasteiger partial charge in [-0.15, -0.1) is 10.2 Å². The number of hydrogen-bond acceptors (Lipinski definition) is 28. The maximum atomic E-state index is 12.8. The SMILES string of the molecule is CC1=NN(c2cccc(S(=O)(=O)O)c2)C(=O)C1N=Nc1cc(Cl)c(C)cc1S(=O)(=O)O.COc1cc(NCC(=O)C(N=Nc2cc(Cl)c(C)cc2S(=O)(=O)O)C(C)=O)c(OC)cc1Cl.O=C(O)c1cc2ccccc2c(N=Nc2ccc(S(=O)(=O)O)cc2)c1O.O=S(=O)(O)c1ccc(N=Nc2c(O)ccc3ccccc23)cc1. The standard InChI is InChI=1S/C20H21Cl2N3O7S.C17H15ClN4O7S2.C17H12N2O6S.C16H12N2O4S/c1-10-5-19(33(28,29)30)15(6-12(10)21)24-25-20(11(2)26)16(27)9-23-14-8-17(31-3)13(22)7-18(14)32-4;1-9-6-15(31(27,28)29)14(8-13(9)18)19-20-16-10(2)21-22(17(16)23)11-4-3-5-12(7-11)30(24,25)26;20-16-14(17(21)22)9-10-3-1-2-4-13(10)15(16)19-18-11-5-7-12(8-6-11)26(23,24)25;19-15-10-5-11-3-1-2-4-14(11)16(15)18-17-12-6-8-13(9-7-12)23(20,21)22/h5-8,20,23H,9H2,1-4H3,(H,28,29,30);3-8,16H,1-2H3,(H,24,25,26)(H,27,28,29);1-9,20H,(H,21,22)(H,23,24,25);1-10,19H,(H,20,21,22). The maximum Gasteiger partial charge on any atom is 0.339 e. The highest BCUT2D eigenvalue weighted by atomic mass is 35.5. The summed E-state index contributed by atoms with van der Waals surface area (Å²) < 4.78 is 170. The summed E-state index contributed by atoms with van der Waals surface area (Å²) in [7, 11) is -19.5. The average molecular weight is 1710 g/mol. The van der Waals surface area contributed by atoms with E-state index < -0.39 is 107 Å². The molecule has 0 fully saturated rings. The second kappa shape index (κ2) is 36.3. The first-order valence-corrected chi connectivity index (χ1v) is 39.9. The highest BCUT2D eigenvalue weighted by Crippen LogP contribution is 2.42. The highest BCUT2D eigenvalue weighted by Gasteiger charge is 2.36. The van der Waals surface area contributed by atoms with Crippen LogP contribution in [0.25, 0.3) is 21.5 Å². The third-order valence-electron chi connectivity index (χ3n) is 15.6. The Hall–Kier alpha value is -11.5. The Labute approximate surface area is 658 Å². The Morgan fingerprint density at radius 3 is 1.52 bits per heavy atom. The van der Waals surface area contributed by atoms with Gasteiger partial charge < -0.3 is 30.1 Å². The molecular formula is C70H60Cl3N11O24S5. The van der Waals surface area contributed by atoms with Gasteiger partial charge in [-0.3, -0.25) is 37.1 Å². The fourth-order valence-electron chi connectivity index (χ4n) is 9.91. The first-order valence-electron chi connectivity index (χ1n) is 31.6. The van der Waals surface area contributed by atoms with Crippen molar-refractivity contribution < 1.29 is 109 Å². The number of ketones is 2. The van der Waals surface area contributed by atoms with Gasteiger partial charge in [0.05, 0.1) is 68.9 Å². The lowest BCUT2D eigenvalue weighted by atomic mass is 10.0.